The number of carbonyl (C=O) groups is 1. The number of aliphatic hydroxyl groups excluding tert-OH is 2. The molecule has 1 aliphatic carbocycles. The summed E-state index contributed by atoms with van der Waals surface area (Å²) in [5.74, 6) is 0.149. The van der Waals surface area contributed by atoms with Crippen LogP contribution >= 0.6 is 0 Å². The van der Waals surface area contributed by atoms with E-state index in [0.717, 1.165) is 0 Å². The van der Waals surface area contributed by atoms with Gasteiger partial charge in [-0.3, -0.25) is 4.79 Å². The zero-order chi connectivity index (χ0) is 14.4. The maximum absolute atomic E-state index is 11.8. The minimum absolute atomic E-state index is 0.0809. The second kappa shape index (κ2) is 4.53. The number of carbonyl (C=O) groups excluding carboxylic acids is 1. The highest BCUT2D eigenvalue weighted by Gasteiger charge is 2.39. The Bertz CT molecular complexity index is 619. The lowest BCUT2D eigenvalue weighted by Crippen LogP contribution is -2.21. The number of imidazole rings is 1. The van der Waals surface area contributed by atoms with Crippen LogP contribution in [0.1, 0.15) is 29.4 Å². The maximum Gasteiger partial charge on any atom is 0.192 e. The summed E-state index contributed by atoms with van der Waals surface area (Å²) >= 11 is 0. The first kappa shape index (κ1) is 13.0. The number of hydrogen-bond donors (Lipinski definition) is 3. The highest BCUT2D eigenvalue weighted by atomic mass is 16.3. The Hall–Kier alpha value is -1.99. The molecule has 2 aliphatic rings. The number of ketones is 1. The molecule has 0 radical (unpaired) electrons. The van der Waals surface area contributed by atoms with E-state index in [0.29, 0.717) is 23.5 Å². The molecule has 1 aromatic rings. The Morgan fingerprint density at radius 2 is 2.30 bits per heavy atom. The van der Waals surface area contributed by atoms with Gasteiger partial charge in [0.05, 0.1) is 31.5 Å². The van der Waals surface area contributed by atoms with Crippen molar-refractivity contribution >= 4 is 17.4 Å². The average Bonchev–Trinajstić information content (AvgIpc) is 2.91. The van der Waals surface area contributed by atoms with Crippen molar-refractivity contribution in [3.05, 3.63) is 24.2 Å². The van der Waals surface area contributed by atoms with Gasteiger partial charge in [-0.25, -0.2) is 9.98 Å². The molecule has 0 aromatic carbocycles. The van der Waals surface area contributed by atoms with Crippen LogP contribution in [-0.4, -0.2) is 44.1 Å². The summed E-state index contributed by atoms with van der Waals surface area (Å²) in [5.41, 5.74) is 6.67. The molecule has 0 saturated heterocycles. The van der Waals surface area contributed by atoms with Crippen LogP contribution in [0.4, 0.5) is 5.82 Å². The highest BCUT2D eigenvalue weighted by molar-refractivity contribution is 6.13. The Balaban J connectivity index is 2.02. The van der Waals surface area contributed by atoms with Crippen LogP contribution in [0.25, 0.3) is 0 Å². The van der Waals surface area contributed by atoms with E-state index >= 15 is 0 Å². The molecule has 4 N–H and O–H groups in total. The normalized spacial score (nSPS) is 29.5. The maximum atomic E-state index is 11.8. The van der Waals surface area contributed by atoms with Crippen molar-refractivity contribution in [3.8, 4) is 0 Å². The lowest BCUT2D eigenvalue weighted by Gasteiger charge is -2.18. The highest BCUT2D eigenvalue weighted by Crippen LogP contribution is 2.42. The molecule has 20 heavy (non-hydrogen) atoms. The first-order valence-electron chi connectivity index (χ1n) is 6.43. The largest absolute Gasteiger partial charge is 0.396 e. The zero-order valence-electron chi connectivity index (χ0n) is 10.9. The second-order valence-electron chi connectivity index (χ2n) is 5.21. The lowest BCUT2D eigenvalue weighted by molar-refractivity contribution is 0.0994. The summed E-state index contributed by atoms with van der Waals surface area (Å²) in [5, 5.41) is 19.3. The summed E-state index contributed by atoms with van der Waals surface area (Å²) in [6.07, 6.45) is 1.36. The van der Waals surface area contributed by atoms with Gasteiger partial charge in [0.15, 0.2) is 17.3 Å². The van der Waals surface area contributed by atoms with E-state index in [9.17, 15) is 15.0 Å². The number of nitrogens with two attached hydrogens (primary N) is 1. The van der Waals surface area contributed by atoms with E-state index in [4.69, 9.17) is 5.73 Å². The predicted octanol–water partition coefficient (Wildman–Crippen LogP) is -0.0714. The Kier molecular flexibility index (Phi) is 2.95. The smallest absolute Gasteiger partial charge is 0.192 e. The summed E-state index contributed by atoms with van der Waals surface area (Å²) < 4.78 is 1.71. The fraction of sp³-hybridized carbons (Fsp3) is 0.462. The monoisotopic (exact) mass is 276 g/mol. The van der Waals surface area contributed by atoms with Crippen molar-refractivity contribution in [1.29, 1.82) is 0 Å². The fourth-order valence-corrected chi connectivity index (χ4v) is 2.88. The number of hydrogen-bond acceptors (Lipinski definition) is 6. The minimum Gasteiger partial charge on any atom is -0.396 e. The van der Waals surface area contributed by atoms with Gasteiger partial charge in [-0.15, -0.1) is 0 Å². The van der Waals surface area contributed by atoms with Gasteiger partial charge in [-0.05, 0) is 12.0 Å². The van der Waals surface area contributed by atoms with Gasteiger partial charge in [-0.1, -0.05) is 6.58 Å². The number of aliphatic hydroxyl groups is 2. The molecule has 2 heterocycles. The van der Waals surface area contributed by atoms with Gasteiger partial charge in [0.1, 0.15) is 5.84 Å². The van der Waals surface area contributed by atoms with Crippen LogP contribution in [0, 0.1) is 5.92 Å². The Labute approximate surface area is 115 Å². The summed E-state index contributed by atoms with van der Waals surface area (Å²) in [6.45, 7) is 3.79. The second-order valence-corrected chi connectivity index (χ2v) is 5.21. The molecule has 7 nitrogen and oxygen atoms in total. The number of fused-ring (bicyclic) bond motifs is 1. The number of Topliss-reactive ketones (excluding diaryl/α,β-unsaturated/α-hetero) is 1. The van der Waals surface area contributed by atoms with Gasteiger partial charge in [0.2, 0.25) is 0 Å². The van der Waals surface area contributed by atoms with Crippen molar-refractivity contribution in [1.82, 2.24) is 9.55 Å². The molecule has 0 bridgehead atoms. The third-order valence-corrected chi connectivity index (χ3v) is 3.99. The fourth-order valence-electron chi connectivity index (χ4n) is 2.88. The quantitative estimate of drug-likeness (QED) is 0.654. The van der Waals surface area contributed by atoms with Crippen LogP contribution in [0.3, 0.4) is 0 Å². The van der Waals surface area contributed by atoms with E-state index in [-0.39, 0.29) is 36.6 Å². The molecule has 0 unspecified atom stereocenters. The standard InChI is InChI=1S/C13H16N4O3/c1-6-7(4-18)9(19)2-8(6)17-5-15-12-10(20)3-11(14)16-13(12)17/h5,7-9,18-19H,1-4H2,(H2,14,16)/t7-,8-,9-/m0/s1. The first-order chi connectivity index (χ1) is 9.52. The minimum atomic E-state index is -0.656. The Morgan fingerprint density at radius 1 is 1.55 bits per heavy atom. The average molecular weight is 276 g/mol. The van der Waals surface area contributed by atoms with E-state index in [1.54, 1.807) is 4.57 Å². The topological polar surface area (TPSA) is 114 Å². The number of rotatable bonds is 2. The predicted molar refractivity (Wildman–Crippen MR) is 71.8 cm³/mol. The molecule has 106 valence electrons. The number of aromatic nitrogens is 2. The molecule has 3 rings (SSSR count). The van der Waals surface area contributed by atoms with Crippen molar-refractivity contribution in [3.63, 3.8) is 0 Å². The van der Waals surface area contributed by atoms with E-state index in [2.05, 4.69) is 16.6 Å². The van der Waals surface area contributed by atoms with E-state index < -0.39 is 6.10 Å². The van der Waals surface area contributed by atoms with Crippen molar-refractivity contribution < 1.29 is 15.0 Å². The first-order valence-corrected chi connectivity index (χ1v) is 6.43. The molecular weight excluding hydrogens is 260 g/mol. The van der Waals surface area contributed by atoms with E-state index in [1.165, 1.54) is 6.33 Å². The van der Waals surface area contributed by atoms with Crippen LogP contribution < -0.4 is 5.73 Å². The molecule has 1 aromatic heterocycles. The van der Waals surface area contributed by atoms with Gasteiger partial charge < -0.3 is 20.5 Å². The lowest BCUT2D eigenvalue weighted by atomic mass is 10.0. The SMILES string of the molecule is C=C1[C@H](CO)[C@@H](O)C[C@@H]1n1cnc2c1N=C(N)CC2=O. The third-order valence-electron chi connectivity index (χ3n) is 3.99. The zero-order valence-corrected chi connectivity index (χ0v) is 10.9. The van der Waals surface area contributed by atoms with Crippen LogP contribution in [0.5, 0.6) is 0 Å². The summed E-state index contributed by atoms with van der Waals surface area (Å²) in [7, 11) is 0. The van der Waals surface area contributed by atoms with Crippen LogP contribution in [0.2, 0.25) is 0 Å². The van der Waals surface area contributed by atoms with E-state index in [1.807, 2.05) is 0 Å². The molecule has 1 saturated carbocycles. The molecular formula is C13H16N4O3. The molecule has 7 heteroatoms. The molecule has 0 amide bonds. The summed E-state index contributed by atoms with van der Waals surface area (Å²) in [4.78, 5) is 20.1. The number of aliphatic imine (C=N–C) groups is 1. The van der Waals surface area contributed by atoms with Gasteiger partial charge in [0.25, 0.3) is 0 Å². The molecule has 3 atom stereocenters. The van der Waals surface area contributed by atoms with Crippen LogP contribution in [0.15, 0.2) is 23.5 Å². The third kappa shape index (κ3) is 1.78. The van der Waals surface area contributed by atoms with Crippen molar-refractivity contribution in [2.45, 2.75) is 25.0 Å². The van der Waals surface area contributed by atoms with Gasteiger partial charge in [0, 0.05) is 5.92 Å². The van der Waals surface area contributed by atoms with Crippen LogP contribution in [-0.2, 0) is 0 Å². The summed E-state index contributed by atoms with van der Waals surface area (Å²) in [6, 6.07) is -0.235. The number of nitrogens with zero attached hydrogens (tertiary/aromatic N) is 3. The number of amidine groups is 1. The van der Waals surface area contributed by atoms with Gasteiger partial charge >= 0.3 is 0 Å². The van der Waals surface area contributed by atoms with Crippen molar-refractivity contribution in [2.75, 3.05) is 6.61 Å². The Morgan fingerprint density at radius 3 is 2.95 bits per heavy atom. The van der Waals surface area contributed by atoms with Gasteiger partial charge in [-0.2, -0.15) is 0 Å². The molecule has 1 fully saturated rings. The van der Waals surface area contributed by atoms with Crippen molar-refractivity contribution in [2.24, 2.45) is 16.6 Å². The molecule has 0 spiro atoms. The molecule has 1 aliphatic heterocycles.